The Balaban J connectivity index is 0.00000507. The summed E-state index contributed by atoms with van der Waals surface area (Å²) >= 11 is 0. The van der Waals surface area contributed by atoms with Crippen molar-refractivity contribution in [1.82, 2.24) is 19.4 Å². The van der Waals surface area contributed by atoms with Crippen molar-refractivity contribution in [3.8, 4) is 17.4 Å². The van der Waals surface area contributed by atoms with Crippen LogP contribution in [0.4, 0.5) is 0 Å². The third kappa shape index (κ3) is 6.64. The maximum absolute atomic E-state index is 13.5. The highest BCUT2D eigenvalue weighted by molar-refractivity contribution is 5.97. The SMILES string of the molecule is CCOc1cc(C(C)(C)O)c2nn(CC(=O)c3cc(OCCCO)c(OC)c(C(C)(C)C)c3)c(=N)n2n1.Cl. The Kier molecular flexibility index (Phi) is 9.93. The zero-order chi connectivity index (χ0) is 27.5. The lowest BCUT2D eigenvalue weighted by molar-refractivity contribution is 0.0789. The molecule has 3 aromatic rings. The van der Waals surface area contributed by atoms with Gasteiger partial charge in [0.2, 0.25) is 11.5 Å². The molecule has 210 valence electrons. The lowest BCUT2D eigenvalue weighted by Crippen LogP contribution is -2.27. The molecule has 0 amide bonds. The van der Waals surface area contributed by atoms with Crippen LogP contribution in [0.5, 0.6) is 17.4 Å². The van der Waals surface area contributed by atoms with Gasteiger partial charge in [-0.15, -0.1) is 22.6 Å². The Hall–Kier alpha value is -3.15. The number of nitrogens with one attached hydrogen (secondary N) is 1. The predicted molar refractivity (Wildman–Crippen MR) is 144 cm³/mol. The molecule has 0 aliphatic heterocycles. The first kappa shape index (κ1) is 31.1. The van der Waals surface area contributed by atoms with Crippen molar-refractivity contribution in [2.75, 3.05) is 26.9 Å². The smallest absolute Gasteiger partial charge is 0.242 e. The predicted octanol–water partition coefficient (Wildman–Crippen LogP) is 3.01. The number of ether oxygens (including phenoxy) is 3. The van der Waals surface area contributed by atoms with Gasteiger partial charge in [0.1, 0.15) is 6.54 Å². The van der Waals surface area contributed by atoms with Crippen LogP contribution in [-0.4, -0.2) is 62.3 Å². The lowest BCUT2D eigenvalue weighted by atomic mass is 9.84. The van der Waals surface area contributed by atoms with Crippen molar-refractivity contribution < 1.29 is 29.2 Å². The molecule has 0 aliphatic carbocycles. The molecule has 0 saturated carbocycles. The van der Waals surface area contributed by atoms with Gasteiger partial charge < -0.3 is 24.4 Å². The lowest BCUT2D eigenvalue weighted by Gasteiger charge is -2.25. The van der Waals surface area contributed by atoms with Gasteiger partial charge in [0, 0.05) is 35.8 Å². The Bertz CT molecular complexity index is 1340. The van der Waals surface area contributed by atoms with E-state index < -0.39 is 5.60 Å². The van der Waals surface area contributed by atoms with Gasteiger partial charge in [-0.1, -0.05) is 20.8 Å². The normalized spacial score (nSPS) is 11.8. The zero-order valence-electron chi connectivity index (χ0n) is 23.0. The number of aliphatic hydroxyl groups excluding tert-OH is 1. The van der Waals surface area contributed by atoms with Gasteiger partial charge in [-0.25, -0.2) is 4.68 Å². The van der Waals surface area contributed by atoms with Gasteiger partial charge in [0.25, 0.3) is 0 Å². The number of aromatic nitrogens is 4. The minimum atomic E-state index is -1.28. The Morgan fingerprint density at radius 3 is 2.32 bits per heavy atom. The minimum Gasteiger partial charge on any atom is -0.493 e. The third-order valence-corrected chi connectivity index (χ3v) is 5.76. The maximum atomic E-state index is 13.5. The molecule has 1 aromatic carbocycles. The fourth-order valence-electron chi connectivity index (χ4n) is 3.88. The molecule has 3 N–H and O–H groups in total. The van der Waals surface area contributed by atoms with Gasteiger partial charge in [-0.2, -0.15) is 4.52 Å². The summed E-state index contributed by atoms with van der Waals surface area (Å²) in [7, 11) is 1.55. The molecule has 2 heterocycles. The molecule has 0 atom stereocenters. The second kappa shape index (κ2) is 12.1. The van der Waals surface area contributed by atoms with E-state index in [2.05, 4.69) is 10.2 Å². The number of Topliss-reactive ketones (excluding diaryl/α,β-unsaturated/α-hetero) is 1. The van der Waals surface area contributed by atoms with E-state index in [-0.39, 0.29) is 60.5 Å². The van der Waals surface area contributed by atoms with Gasteiger partial charge in [0.05, 0.1) is 25.9 Å². The highest BCUT2D eigenvalue weighted by atomic mass is 35.5. The van der Waals surface area contributed by atoms with E-state index in [1.54, 1.807) is 39.2 Å². The summed E-state index contributed by atoms with van der Waals surface area (Å²) in [5.41, 5.74) is 0.0663. The molecule has 3 rings (SSSR count). The topological polar surface area (TPSA) is 144 Å². The van der Waals surface area contributed by atoms with Gasteiger partial charge in [-0.05, 0) is 38.3 Å². The summed E-state index contributed by atoms with van der Waals surface area (Å²) in [5.74, 6) is 0.888. The second-order valence-electron chi connectivity index (χ2n) is 10.3. The quantitative estimate of drug-likeness (QED) is 0.244. The van der Waals surface area contributed by atoms with Crippen LogP contribution < -0.4 is 19.8 Å². The van der Waals surface area contributed by atoms with Crippen molar-refractivity contribution in [3.63, 3.8) is 0 Å². The number of benzene rings is 1. The summed E-state index contributed by atoms with van der Waals surface area (Å²) in [6.45, 7) is 11.4. The van der Waals surface area contributed by atoms with E-state index in [1.807, 2.05) is 27.7 Å². The number of aliphatic hydroxyl groups is 2. The number of ketones is 1. The molecule has 0 radical (unpaired) electrons. The fourth-order valence-corrected chi connectivity index (χ4v) is 3.88. The first-order valence-electron chi connectivity index (χ1n) is 12.2. The molecule has 0 saturated heterocycles. The average molecular weight is 552 g/mol. The number of carbonyl (C=O) groups excluding carboxylic acids is 1. The van der Waals surface area contributed by atoms with E-state index >= 15 is 0 Å². The van der Waals surface area contributed by atoms with Crippen LogP contribution in [-0.2, 0) is 17.6 Å². The number of carbonyl (C=O) groups is 1. The van der Waals surface area contributed by atoms with Crippen LogP contribution in [0, 0.1) is 5.41 Å². The Morgan fingerprint density at radius 1 is 1.08 bits per heavy atom. The molecule has 0 fully saturated rings. The van der Waals surface area contributed by atoms with Crippen LogP contribution in [0.15, 0.2) is 18.2 Å². The van der Waals surface area contributed by atoms with Gasteiger partial charge in [-0.3, -0.25) is 10.2 Å². The summed E-state index contributed by atoms with van der Waals surface area (Å²) in [5, 5.41) is 37.2. The second-order valence-corrected chi connectivity index (χ2v) is 10.3. The van der Waals surface area contributed by atoms with Crippen molar-refractivity contribution in [2.45, 2.75) is 65.5 Å². The minimum absolute atomic E-state index is 0. The van der Waals surface area contributed by atoms with E-state index in [1.165, 1.54) is 9.20 Å². The molecule has 38 heavy (non-hydrogen) atoms. The van der Waals surface area contributed by atoms with Crippen molar-refractivity contribution >= 4 is 23.8 Å². The maximum Gasteiger partial charge on any atom is 0.242 e. The number of rotatable bonds is 11. The standard InChI is InChI=1S/C26H37N5O6.ClH/c1-8-36-21-14-18(26(5,6)34)23-29-30(24(27)31(23)28-21)15-19(33)16-12-17(25(2,3)4)22(35-7)20(13-16)37-11-9-10-32;/h12-14,27,32,34H,8-11,15H2,1-7H3;1H. The van der Waals surface area contributed by atoms with Crippen LogP contribution in [0.3, 0.4) is 0 Å². The molecular formula is C26H38ClN5O6. The molecule has 12 heteroatoms. The number of halogens is 1. The van der Waals surface area contributed by atoms with Crippen molar-refractivity contribution in [3.05, 3.63) is 40.5 Å². The van der Waals surface area contributed by atoms with Crippen LogP contribution in [0.1, 0.15) is 69.4 Å². The van der Waals surface area contributed by atoms with E-state index in [0.29, 0.717) is 35.7 Å². The third-order valence-electron chi connectivity index (χ3n) is 5.76. The number of nitrogens with zero attached hydrogens (tertiary/aromatic N) is 4. The number of hydrogen-bond acceptors (Lipinski definition) is 9. The van der Waals surface area contributed by atoms with Crippen LogP contribution in [0.2, 0.25) is 0 Å². The monoisotopic (exact) mass is 551 g/mol. The highest BCUT2D eigenvalue weighted by Gasteiger charge is 2.27. The average Bonchev–Trinajstić information content (AvgIpc) is 3.12. The van der Waals surface area contributed by atoms with Crippen LogP contribution >= 0.6 is 12.4 Å². The Morgan fingerprint density at radius 2 is 1.76 bits per heavy atom. The van der Waals surface area contributed by atoms with E-state index in [0.717, 1.165) is 5.56 Å². The molecule has 11 nitrogen and oxygen atoms in total. The number of hydrogen-bond donors (Lipinski definition) is 3. The molecule has 0 unspecified atom stereocenters. The fraction of sp³-hybridized carbons (Fsp3) is 0.538. The van der Waals surface area contributed by atoms with Gasteiger partial charge in [0.15, 0.2) is 22.9 Å². The van der Waals surface area contributed by atoms with E-state index in [9.17, 15) is 9.90 Å². The van der Waals surface area contributed by atoms with Crippen LogP contribution in [0.25, 0.3) is 5.65 Å². The summed E-state index contributed by atoms with van der Waals surface area (Å²) in [4.78, 5) is 13.5. The first-order valence-corrected chi connectivity index (χ1v) is 12.2. The number of fused-ring (bicyclic) bond motifs is 1. The summed E-state index contributed by atoms with van der Waals surface area (Å²) in [6.07, 6.45) is 0.436. The zero-order valence-corrected chi connectivity index (χ0v) is 23.8. The molecule has 0 bridgehead atoms. The molecule has 0 aliphatic rings. The summed E-state index contributed by atoms with van der Waals surface area (Å²) in [6, 6.07) is 4.97. The van der Waals surface area contributed by atoms with E-state index in [4.69, 9.17) is 24.7 Å². The first-order chi connectivity index (χ1) is 17.3. The molecule has 2 aromatic heterocycles. The van der Waals surface area contributed by atoms with Crippen molar-refractivity contribution in [1.29, 1.82) is 5.41 Å². The largest absolute Gasteiger partial charge is 0.493 e. The van der Waals surface area contributed by atoms with Crippen molar-refractivity contribution in [2.24, 2.45) is 0 Å². The summed E-state index contributed by atoms with van der Waals surface area (Å²) < 4.78 is 19.5. The van der Waals surface area contributed by atoms with Gasteiger partial charge >= 0.3 is 0 Å². The Labute approximate surface area is 228 Å². The molecular weight excluding hydrogens is 514 g/mol. The highest BCUT2D eigenvalue weighted by Crippen LogP contribution is 2.40. The number of methoxy groups -OCH3 is 1. The molecule has 0 spiro atoms.